The van der Waals surface area contributed by atoms with Crippen molar-refractivity contribution in [2.45, 2.75) is 33.2 Å². The average Bonchev–Trinajstić information content (AvgIpc) is 2.62. The van der Waals surface area contributed by atoms with Crippen LogP contribution in [-0.4, -0.2) is 27.2 Å². The molecule has 0 aliphatic rings. The van der Waals surface area contributed by atoms with Crippen molar-refractivity contribution >= 4 is 11.6 Å². The van der Waals surface area contributed by atoms with Crippen LogP contribution in [0.1, 0.15) is 32.5 Å². The number of alkyl halides is 1. The van der Waals surface area contributed by atoms with Crippen molar-refractivity contribution in [2.24, 2.45) is 12.5 Å². The number of rotatable bonds is 7. The Labute approximate surface area is 102 Å². The van der Waals surface area contributed by atoms with Crippen LogP contribution in [-0.2, 0) is 13.6 Å². The van der Waals surface area contributed by atoms with Gasteiger partial charge in [0.2, 0.25) is 0 Å². The molecule has 0 unspecified atom stereocenters. The highest BCUT2D eigenvalue weighted by molar-refractivity contribution is 6.17. The van der Waals surface area contributed by atoms with E-state index in [-0.39, 0.29) is 5.41 Å². The number of nitrogens with one attached hydrogen (secondary N) is 1. The van der Waals surface area contributed by atoms with Crippen molar-refractivity contribution in [3.63, 3.8) is 0 Å². The Kier molecular flexibility index (Phi) is 5.22. The topological polar surface area (TPSA) is 42.7 Å². The lowest BCUT2D eigenvalue weighted by Crippen LogP contribution is -2.30. The van der Waals surface area contributed by atoms with E-state index in [4.69, 9.17) is 11.6 Å². The van der Waals surface area contributed by atoms with Crippen molar-refractivity contribution in [3.05, 3.63) is 12.2 Å². The fourth-order valence-electron chi connectivity index (χ4n) is 1.63. The smallest absolute Gasteiger partial charge is 0.140 e. The maximum atomic E-state index is 5.70. The second-order valence-electron chi connectivity index (χ2n) is 4.86. The lowest BCUT2D eigenvalue weighted by molar-refractivity contribution is 0.309. The minimum Gasteiger partial charge on any atom is -0.309 e. The molecular formula is C11H21ClN4. The second kappa shape index (κ2) is 6.21. The molecule has 92 valence electrons. The minimum absolute atomic E-state index is 0.285. The summed E-state index contributed by atoms with van der Waals surface area (Å²) in [5.41, 5.74) is 0.285. The Morgan fingerprint density at radius 2 is 2.25 bits per heavy atom. The van der Waals surface area contributed by atoms with Crippen LogP contribution in [0.3, 0.4) is 0 Å². The molecule has 0 aliphatic heterocycles. The van der Waals surface area contributed by atoms with Gasteiger partial charge in [-0.05, 0) is 18.3 Å². The Balaban J connectivity index is 2.27. The lowest BCUT2D eigenvalue weighted by Gasteiger charge is -2.24. The Morgan fingerprint density at radius 3 is 2.81 bits per heavy atom. The van der Waals surface area contributed by atoms with E-state index in [1.165, 1.54) is 0 Å². The van der Waals surface area contributed by atoms with Crippen molar-refractivity contribution in [3.8, 4) is 0 Å². The third kappa shape index (κ3) is 4.49. The van der Waals surface area contributed by atoms with E-state index in [1.54, 1.807) is 11.0 Å². The molecule has 1 heterocycles. The van der Waals surface area contributed by atoms with Crippen molar-refractivity contribution in [1.29, 1.82) is 0 Å². The first-order valence-corrected chi connectivity index (χ1v) is 6.18. The lowest BCUT2D eigenvalue weighted by atomic mass is 9.88. The fraction of sp³-hybridized carbons (Fsp3) is 0.818. The highest BCUT2D eigenvalue weighted by atomic mass is 35.5. The van der Waals surface area contributed by atoms with Gasteiger partial charge in [-0.1, -0.05) is 13.8 Å². The fourth-order valence-corrected chi connectivity index (χ4v) is 1.76. The number of aromatic nitrogens is 3. The summed E-state index contributed by atoms with van der Waals surface area (Å²) in [5.74, 6) is 1.71. The largest absolute Gasteiger partial charge is 0.309 e. The highest BCUT2D eigenvalue weighted by Crippen LogP contribution is 2.21. The summed E-state index contributed by atoms with van der Waals surface area (Å²) in [6.07, 6.45) is 3.79. The first kappa shape index (κ1) is 13.5. The standard InChI is InChI=1S/C11H21ClN4/c1-11(2,5-4-6-12)8-13-7-10-14-9-15-16(10)3/h9,13H,4-8H2,1-3H3. The summed E-state index contributed by atoms with van der Waals surface area (Å²) in [5, 5.41) is 7.44. The number of hydrogen-bond acceptors (Lipinski definition) is 3. The van der Waals surface area contributed by atoms with Gasteiger partial charge in [-0.2, -0.15) is 5.10 Å². The minimum atomic E-state index is 0.285. The molecule has 0 saturated carbocycles. The van der Waals surface area contributed by atoms with Crippen LogP contribution < -0.4 is 5.32 Å². The van der Waals surface area contributed by atoms with E-state index in [9.17, 15) is 0 Å². The van der Waals surface area contributed by atoms with Crippen molar-refractivity contribution in [2.75, 3.05) is 12.4 Å². The van der Waals surface area contributed by atoms with E-state index in [0.717, 1.165) is 37.6 Å². The first-order chi connectivity index (χ1) is 7.55. The summed E-state index contributed by atoms with van der Waals surface area (Å²) in [6, 6.07) is 0. The van der Waals surface area contributed by atoms with E-state index < -0.39 is 0 Å². The van der Waals surface area contributed by atoms with Gasteiger partial charge in [-0.3, -0.25) is 4.68 Å². The number of aryl methyl sites for hydroxylation is 1. The molecule has 16 heavy (non-hydrogen) atoms. The monoisotopic (exact) mass is 244 g/mol. The van der Waals surface area contributed by atoms with Gasteiger partial charge in [0.1, 0.15) is 12.2 Å². The molecule has 0 atom stereocenters. The van der Waals surface area contributed by atoms with Crippen LogP contribution in [0.5, 0.6) is 0 Å². The number of hydrogen-bond donors (Lipinski definition) is 1. The predicted octanol–water partition coefficient (Wildman–Crippen LogP) is 1.95. The van der Waals surface area contributed by atoms with Crippen molar-refractivity contribution < 1.29 is 0 Å². The molecule has 5 heteroatoms. The Hall–Kier alpha value is -0.610. The molecule has 0 aliphatic carbocycles. The molecule has 1 aromatic heterocycles. The summed E-state index contributed by atoms with van der Waals surface area (Å²) < 4.78 is 1.79. The van der Waals surface area contributed by atoms with Gasteiger partial charge in [0.25, 0.3) is 0 Å². The molecule has 1 N–H and O–H groups in total. The van der Waals surface area contributed by atoms with Gasteiger partial charge in [0, 0.05) is 19.5 Å². The van der Waals surface area contributed by atoms with Gasteiger partial charge in [0.05, 0.1) is 6.54 Å². The molecule has 0 spiro atoms. The molecule has 4 nitrogen and oxygen atoms in total. The molecule has 0 bridgehead atoms. The van der Waals surface area contributed by atoms with Crippen LogP contribution in [0.25, 0.3) is 0 Å². The molecule has 0 saturated heterocycles. The Bertz CT molecular complexity index is 309. The zero-order valence-corrected chi connectivity index (χ0v) is 11.1. The maximum Gasteiger partial charge on any atom is 0.140 e. The normalized spacial score (nSPS) is 12.0. The quantitative estimate of drug-likeness (QED) is 0.746. The molecule has 0 fully saturated rings. The van der Waals surface area contributed by atoms with Crippen molar-refractivity contribution in [1.82, 2.24) is 20.1 Å². The third-order valence-electron chi connectivity index (χ3n) is 2.68. The van der Waals surface area contributed by atoms with Crippen LogP contribution in [0.4, 0.5) is 0 Å². The van der Waals surface area contributed by atoms with Gasteiger partial charge in [-0.25, -0.2) is 4.98 Å². The zero-order chi connectivity index (χ0) is 12.0. The SMILES string of the molecule is Cn1ncnc1CNCC(C)(C)CCCCl. The number of nitrogens with zero attached hydrogens (tertiary/aromatic N) is 3. The second-order valence-corrected chi connectivity index (χ2v) is 5.24. The van der Waals surface area contributed by atoms with Crippen LogP contribution in [0.2, 0.25) is 0 Å². The van der Waals surface area contributed by atoms with Gasteiger partial charge in [-0.15, -0.1) is 11.6 Å². The average molecular weight is 245 g/mol. The van der Waals surface area contributed by atoms with Gasteiger partial charge < -0.3 is 5.32 Å². The molecule has 1 aromatic rings. The molecule has 0 radical (unpaired) electrons. The summed E-state index contributed by atoms with van der Waals surface area (Å²) in [4.78, 5) is 4.17. The summed E-state index contributed by atoms with van der Waals surface area (Å²) in [6.45, 7) is 6.24. The van der Waals surface area contributed by atoms with Gasteiger partial charge >= 0.3 is 0 Å². The molecule has 0 amide bonds. The van der Waals surface area contributed by atoms with Crippen LogP contribution >= 0.6 is 11.6 Å². The van der Waals surface area contributed by atoms with E-state index in [0.29, 0.717) is 0 Å². The zero-order valence-electron chi connectivity index (χ0n) is 10.3. The Morgan fingerprint density at radius 1 is 1.50 bits per heavy atom. The summed E-state index contributed by atoms with van der Waals surface area (Å²) in [7, 11) is 1.91. The van der Waals surface area contributed by atoms with E-state index in [1.807, 2.05) is 7.05 Å². The predicted molar refractivity (Wildman–Crippen MR) is 66.4 cm³/mol. The van der Waals surface area contributed by atoms with Crippen LogP contribution in [0, 0.1) is 5.41 Å². The van der Waals surface area contributed by atoms with E-state index in [2.05, 4.69) is 29.2 Å². The highest BCUT2D eigenvalue weighted by Gasteiger charge is 2.16. The van der Waals surface area contributed by atoms with Gasteiger partial charge in [0.15, 0.2) is 0 Å². The maximum absolute atomic E-state index is 5.70. The number of halogens is 1. The third-order valence-corrected chi connectivity index (χ3v) is 2.95. The first-order valence-electron chi connectivity index (χ1n) is 5.65. The summed E-state index contributed by atoms with van der Waals surface area (Å²) >= 11 is 5.70. The van der Waals surface area contributed by atoms with E-state index >= 15 is 0 Å². The molecule has 0 aromatic carbocycles. The molecular weight excluding hydrogens is 224 g/mol. The molecule has 1 rings (SSSR count). The van der Waals surface area contributed by atoms with Crippen LogP contribution in [0.15, 0.2) is 6.33 Å².